The molecule has 0 spiro atoms. The van der Waals surface area contributed by atoms with E-state index in [9.17, 15) is 18.0 Å². The average Bonchev–Trinajstić information content (AvgIpc) is 3.17. The molecule has 2 aliphatic heterocycles. The molecule has 0 radical (unpaired) electrons. The van der Waals surface area contributed by atoms with Crippen molar-refractivity contribution < 1.29 is 18.0 Å². The zero-order valence-electron chi connectivity index (χ0n) is 20.3. The highest BCUT2D eigenvalue weighted by Crippen LogP contribution is 2.26. The van der Waals surface area contributed by atoms with Crippen LogP contribution in [-0.4, -0.2) is 66.6 Å². The fourth-order valence-corrected chi connectivity index (χ4v) is 7.05. The molecular weight excluding hydrogens is 452 g/mol. The Kier molecular flexibility index (Phi) is 8.69. The summed E-state index contributed by atoms with van der Waals surface area (Å²) in [5.41, 5.74) is 0.316. The molecule has 2 N–H and O–H groups in total. The highest BCUT2D eigenvalue weighted by atomic mass is 32.2. The van der Waals surface area contributed by atoms with Crippen LogP contribution in [0.15, 0.2) is 17.2 Å². The van der Waals surface area contributed by atoms with Crippen molar-refractivity contribution in [2.24, 2.45) is 5.92 Å². The SMILES string of the molecule is O=C(NC1CCCCCCC1)C1CCCN(S(=O)(=O)c2c[nH]c(C(=O)N3CCCCCC3)c2)C1. The lowest BCUT2D eigenvalue weighted by Gasteiger charge is -2.32. The Bertz CT molecular complexity index is 928. The monoisotopic (exact) mass is 492 g/mol. The van der Waals surface area contributed by atoms with Crippen LogP contribution in [0.25, 0.3) is 0 Å². The van der Waals surface area contributed by atoms with Gasteiger partial charge in [-0.2, -0.15) is 4.31 Å². The Labute approximate surface area is 203 Å². The first-order chi connectivity index (χ1) is 16.4. The van der Waals surface area contributed by atoms with Crippen molar-refractivity contribution in [3.8, 4) is 0 Å². The molecule has 3 heterocycles. The molecule has 0 aromatic carbocycles. The van der Waals surface area contributed by atoms with E-state index in [4.69, 9.17) is 0 Å². The van der Waals surface area contributed by atoms with Gasteiger partial charge in [0.15, 0.2) is 0 Å². The van der Waals surface area contributed by atoms with Gasteiger partial charge in [-0.1, -0.05) is 44.9 Å². The van der Waals surface area contributed by atoms with Crippen molar-refractivity contribution in [2.75, 3.05) is 26.2 Å². The number of nitrogens with one attached hydrogen (secondary N) is 2. The first kappa shape index (κ1) is 25.2. The summed E-state index contributed by atoms with van der Waals surface area (Å²) in [5.74, 6) is -0.485. The van der Waals surface area contributed by atoms with Crippen molar-refractivity contribution in [2.45, 2.75) is 94.4 Å². The predicted molar refractivity (Wildman–Crippen MR) is 131 cm³/mol. The summed E-state index contributed by atoms with van der Waals surface area (Å²) in [5, 5.41) is 3.21. The van der Waals surface area contributed by atoms with Gasteiger partial charge < -0.3 is 15.2 Å². The third kappa shape index (κ3) is 6.22. The van der Waals surface area contributed by atoms with Crippen LogP contribution in [0.3, 0.4) is 0 Å². The predicted octanol–water partition coefficient (Wildman–Crippen LogP) is 3.66. The van der Waals surface area contributed by atoms with Crippen molar-refractivity contribution >= 4 is 21.8 Å². The van der Waals surface area contributed by atoms with Crippen LogP contribution in [0.4, 0.5) is 0 Å². The molecule has 1 aromatic rings. The molecule has 3 fully saturated rings. The molecule has 0 bridgehead atoms. The lowest BCUT2D eigenvalue weighted by molar-refractivity contribution is -0.126. The number of carbonyl (C=O) groups excluding carboxylic acids is 2. The van der Waals surface area contributed by atoms with E-state index in [-0.39, 0.29) is 35.2 Å². The molecule has 1 aromatic heterocycles. The van der Waals surface area contributed by atoms with E-state index in [2.05, 4.69) is 10.3 Å². The maximum Gasteiger partial charge on any atom is 0.270 e. The summed E-state index contributed by atoms with van der Waals surface area (Å²) in [6.45, 7) is 2.02. The minimum Gasteiger partial charge on any atom is -0.356 e. The topological polar surface area (TPSA) is 103 Å². The summed E-state index contributed by atoms with van der Waals surface area (Å²) >= 11 is 0. The van der Waals surface area contributed by atoms with Crippen LogP contribution in [0.1, 0.15) is 94.0 Å². The Hall–Kier alpha value is -1.87. The van der Waals surface area contributed by atoms with E-state index in [0.29, 0.717) is 38.2 Å². The van der Waals surface area contributed by atoms with Crippen LogP contribution in [0.5, 0.6) is 0 Å². The number of nitrogens with zero attached hydrogens (tertiary/aromatic N) is 2. The van der Waals surface area contributed by atoms with Gasteiger partial charge in [0.05, 0.1) is 5.92 Å². The van der Waals surface area contributed by atoms with E-state index in [1.807, 2.05) is 4.90 Å². The summed E-state index contributed by atoms with van der Waals surface area (Å²) in [7, 11) is -3.77. The second kappa shape index (κ2) is 11.7. The molecule has 34 heavy (non-hydrogen) atoms. The van der Waals surface area contributed by atoms with E-state index < -0.39 is 10.0 Å². The first-order valence-corrected chi connectivity index (χ1v) is 14.7. The van der Waals surface area contributed by atoms with Gasteiger partial charge in [0.1, 0.15) is 10.6 Å². The molecule has 4 rings (SSSR count). The van der Waals surface area contributed by atoms with E-state index in [1.54, 1.807) is 0 Å². The lowest BCUT2D eigenvalue weighted by Crippen LogP contribution is -2.47. The Morgan fingerprint density at radius 3 is 2.21 bits per heavy atom. The third-order valence-corrected chi connectivity index (χ3v) is 9.47. The highest BCUT2D eigenvalue weighted by molar-refractivity contribution is 7.89. The smallest absolute Gasteiger partial charge is 0.270 e. The van der Waals surface area contributed by atoms with E-state index >= 15 is 0 Å². The van der Waals surface area contributed by atoms with E-state index in [1.165, 1.54) is 35.8 Å². The molecule has 1 aliphatic carbocycles. The first-order valence-electron chi connectivity index (χ1n) is 13.2. The van der Waals surface area contributed by atoms with Gasteiger partial charge in [-0.25, -0.2) is 8.42 Å². The van der Waals surface area contributed by atoms with Gasteiger partial charge >= 0.3 is 0 Å². The summed E-state index contributed by atoms with van der Waals surface area (Å²) < 4.78 is 28.1. The van der Waals surface area contributed by atoms with Gasteiger partial charge in [-0.05, 0) is 44.6 Å². The Morgan fingerprint density at radius 2 is 1.50 bits per heavy atom. The van der Waals surface area contributed by atoms with Crippen LogP contribution in [0.2, 0.25) is 0 Å². The number of H-pyrrole nitrogens is 1. The number of hydrogen-bond donors (Lipinski definition) is 2. The molecule has 8 nitrogen and oxygen atoms in total. The number of hydrogen-bond acceptors (Lipinski definition) is 4. The zero-order chi connectivity index (χ0) is 24.0. The zero-order valence-corrected chi connectivity index (χ0v) is 21.1. The maximum absolute atomic E-state index is 13.3. The largest absolute Gasteiger partial charge is 0.356 e. The molecule has 190 valence electrons. The summed E-state index contributed by atoms with van der Waals surface area (Å²) in [6, 6.07) is 1.66. The van der Waals surface area contributed by atoms with Gasteiger partial charge in [-0.3, -0.25) is 9.59 Å². The second-order valence-electron chi connectivity index (χ2n) is 10.2. The Morgan fingerprint density at radius 1 is 0.853 bits per heavy atom. The molecule has 2 saturated heterocycles. The second-order valence-corrected chi connectivity index (χ2v) is 12.1. The quantitative estimate of drug-likeness (QED) is 0.655. The molecule has 3 aliphatic rings. The number of likely N-dealkylation sites (tertiary alicyclic amines) is 1. The minimum atomic E-state index is -3.77. The number of rotatable bonds is 5. The number of carbonyl (C=O) groups is 2. The summed E-state index contributed by atoms with van der Waals surface area (Å²) in [4.78, 5) is 30.7. The van der Waals surface area contributed by atoms with Gasteiger partial charge in [0.2, 0.25) is 15.9 Å². The fourth-order valence-electron chi connectivity index (χ4n) is 5.53. The Balaban J connectivity index is 1.38. The third-order valence-electron chi connectivity index (χ3n) is 7.62. The molecular formula is C25H40N4O4S. The van der Waals surface area contributed by atoms with Crippen LogP contribution < -0.4 is 5.32 Å². The molecule has 2 amide bonds. The number of sulfonamides is 1. The van der Waals surface area contributed by atoms with Crippen molar-refractivity contribution in [1.29, 1.82) is 0 Å². The van der Waals surface area contributed by atoms with Gasteiger partial charge in [0.25, 0.3) is 5.91 Å². The fraction of sp³-hybridized carbons (Fsp3) is 0.760. The average molecular weight is 493 g/mol. The minimum absolute atomic E-state index is 0.0171. The number of aromatic nitrogens is 1. The van der Waals surface area contributed by atoms with Gasteiger partial charge in [-0.15, -0.1) is 0 Å². The van der Waals surface area contributed by atoms with Crippen molar-refractivity contribution in [3.05, 3.63) is 18.0 Å². The number of aromatic amines is 1. The number of piperidine rings is 1. The van der Waals surface area contributed by atoms with Gasteiger partial charge in [0, 0.05) is 38.4 Å². The van der Waals surface area contributed by atoms with Crippen molar-refractivity contribution in [1.82, 2.24) is 19.5 Å². The maximum atomic E-state index is 13.3. The van der Waals surface area contributed by atoms with Crippen LogP contribution >= 0.6 is 0 Å². The normalized spacial score (nSPS) is 24.1. The number of amides is 2. The molecule has 9 heteroatoms. The lowest BCUT2D eigenvalue weighted by atomic mass is 9.94. The highest BCUT2D eigenvalue weighted by Gasteiger charge is 2.35. The molecule has 1 unspecified atom stereocenters. The standard InChI is InChI=1S/C25H40N4O4S/c30-24(27-21-12-6-2-1-3-7-13-21)20-11-10-16-29(19-20)34(32,33)22-17-23(26-18-22)25(31)28-14-8-4-5-9-15-28/h17-18,20-21,26H,1-16,19H2,(H,27,30). The summed E-state index contributed by atoms with van der Waals surface area (Å²) in [6.07, 6.45) is 15.0. The molecule has 1 saturated carbocycles. The van der Waals surface area contributed by atoms with Crippen LogP contribution in [-0.2, 0) is 14.8 Å². The van der Waals surface area contributed by atoms with E-state index in [0.717, 1.165) is 51.4 Å². The van der Waals surface area contributed by atoms with Crippen LogP contribution in [0, 0.1) is 5.92 Å². The van der Waals surface area contributed by atoms with Crippen molar-refractivity contribution in [3.63, 3.8) is 0 Å². The molecule has 1 atom stereocenters.